The lowest BCUT2D eigenvalue weighted by atomic mass is 10.2. The van der Waals surface area contributed by atoms with Crippen molar-refractivity contribution in [3.63, 3.8) is 0 Å². The molecule has 5 nitrogen and oxygen atoms in total. The Morgan fingerprint density at radius 1 is 1.79 bits per heavy atom. The molecule has 0 radical (unpaired) electrons. The third kappa shape index (κ3) is 5.80. The normalized spacial score (nSPS) is 13.4. The predicted octanol–water partition coefficient (Wildman–Crippen LogP) is 0.173. The van der Waals surface area contributed by atoms with E-state index in [1.54, 1.807) is 13.3 Å². The molecule has 80 valence electrons. The summed E-state index contributed by atoms with van der Waals surface area (Å²) in [6, 6.07) is -0.103. The van der Waals surface area contributed by atoms with Gasteiger partial charge in [-0.2, -0.15) is 5.26 Å². The second kappa shape index (κ2) is 8.81. The number of nitrogens with one attached hydrogen (secondary N) is 1. The van der Waals surface area contributed by atoms with Gasteiger partial charge >= 0.3 is 0 Å². The van der Waals surface area contributed by atoms with Crippen molar-refractivity contribution in [3.05, 3.63) is 0 Å². The number of methoxy groups -OCH3 is 1. The number of aliphatic hydroxyl groups is 1. The number of hydrogen-bond acceptors (Lipinski definition) is 5. The fourth-order valence-corrected chi connectivity index (χ4v) is 1.28. The van der Waals surface area contributed by atoms with Crippen molar-refractivity contribution in [1.29, 1.82) is 5.26 Å². The highest BCUT2D eigenvalue weighted by Gasteiger charge is 2.07. The number of nitriles is 1. The van der Waals surface area contributed by atoms with Crippen LogP contribution in [-0.4, -0.2) is 42.9 Å². The zero-order valence-electron chi connectivity index (χ0n) is 8.36. The third-order valence-electron chi connectivity index (χ3n) is 1.48. The molecule has 0 aromatic rings. The zero-order valence-corrected chi connectivity index (χ0v) is 9.17. The van der Waals surface area contributed by atoms with E-state index >= 15 is 0 Å². The van der Waals surface area contributed by atoms with Crippen LogP contribution in [0.1, 0.15) is 6.42 Å². The van der Waals surface area contributed by atoms with Gasteiger partial charge in [0.1, 0.15) is 0 Å². The molecule has 0 aliphatic carbocycles. The summed E-state index contributed by atoms with van der Waals surface area (Å²) in [7, 11) is 1.58. The number of nitrogens with zero attached hydrogens (tertiary/aromatic N) is 2. The minimum absolute atomic E-state index is 0.0613. The molecule has 0 spiro atoms. The molecule has 0 heterocycles. The van der Waals surface area contributed by atoms with Gasteiger partial charge in [0.15, 0.2) is 11.4 Å². The minimum Gasteiger partial charge on any atom is -0.396 e. The number of rotatable bonds is 5. The molecule has 0 aliphatic rings. The molecule has 0 bridgehead atoms. The van der Waals surface area contributed by atoms with Crippen LogP contribution in [0.5, 0.6) is 0 Å². The van der Waals surface area contributed by atoms with Gasteiger partial charge in [-0.25, -0.2) is 0 Å². The number of thioether (sulfide) groups is 1. The molecule has 0 aliphatic heterocycles. The molecule has 0 saturated carbocycles. The molecule has 0 aromatic carbocycles. The maximum absolute atomic E-state index is 8.76. The van der Waals surface area contributed by atoms with Gasteiger partial charge in [0.05, 0.1) is 12.6 Å². The van der Waals surface area contributed by atoms with Gasteiger partial charge < -0.3 is 9.84 Å². The first-order chi connectivity index (χ1) is 6.78. The Kier molecular flexibility index (Phi) is 8.33. The van der Waals surface area contributed by atoms with Crippen LogP contribution >= 0.6 is 11.8 Å². The van der Waals surface area contributed by atoms with Crippen molar-refractivity contribution in [2.75, 3.05) is 26.6 Å². The molecule has 0 fully saturated rings. The van der Waals surface area contributed by atoms with Gasteiger partial charge in [0, 0.05) is 13.7 Å². The first-order valence-electron chi connectivity index (χ1n) is 4.15. The molecular weight excluding hydrogens is 202 g/mol. The van der Waals surface area contributed by atoms with Crippen LogP contribution in [0.4, 0.5) is 0 Å². The summed E-state index contributed by atoms with van der Waals surface area (Å²) >= 11 is 1.35. The molecule has 1 atom stereocenters. The highest BCUT2D eigenvalue weighted by atomic mass is 32.2. The number of aliphatic imine (C=N–C) groups is 1. The average Bonchev–Trinajstić information content (AvgIpc) is 2.18. The Bertz CT molecular complexity index is 209. The molecular formula is C8H15N3O2S. The van der Waals surface area contributed by atoms with Crippen molar-refractivity contribution < 1.29 is 9.84 Å². The van der Waals surface area contributed by atoms with Crippen molar-refractivity contribution >= 4 is 16.9 Å². The average molecular weight is 217 g/mol. The topological polar surface area (TPSA) is 77.6 Å². The summed E-state index contributed by atoms with van der Waals surface area (Å²) in [6.45, 7) is 0.503. The first-order valence-corrected chi connectivity index (χ1v) is 5.37. The molecule has 1 unspecified atom stereocenters. The Hall–Kier alpha value is -0.770. The van der Waals surface area contributed by atoms with Gasteiger partial charge in [-0.1, -0.05) is 11.8 Å². The molecule has 0 aromatic heterocycles. The molecule has 6 heteroatoms. The molecule has 0 saturated heterocycles. The lowest BCUT2D eigenvalue weighted by Gasteiger charge is -2.10. The summed E-state index contributed by atoms with van der Waals surface area (Å²) in [6.07, 6.45) is 4.16. The van der Waals surface area contributed by atoms with Crippen molar-refractivity contribution in [2.24, 2.45) is 4.99 Å². The second-order valence-electron chi connectivity index (χ2n) is 2.50. The van der Waals surface area contributed by atoms with Gasteiger partial charge in [0.2, 0.25) is 0 Å². The third-order valence-corrected chi connectivity index (χ3v) is 2.07. The molecule has 14 heavy (non-hydrogen) atoms. The van der Waals surface area contributed by atoms with E-state index in [1.807, 2.05) is 6.26 Å². The van der Waals surface area contributed by atoms with Gasteiger partial charge in [-0.3, -0.25) is 10.3 Å². The van der Waals surface area contributed by atoms with E-state index in [0.717, 1.165) is 0 Å². The summed E-state index contributed by atoms with van der Waals surface area (Å²) in [5, 5.41) is 20.2. The van der Waals surface area contributed by atoms with Crippen molar-refractivity contribution in [2.45, 2.75) is 12.5 Å². The van der Waals surface area contributed by atoms with Crippen molar-refractivity contribution in [3.8, 4) is 6.19 Å². The highest BCUT2D eigenvalue weighted by molar-refractivity contribution is 8.13. The fourth-order valence-electron chi connectivity index (χ4n) is 0.876. The SMILES string of the molecule is COCC(CCO)N=C(NC#N)SC. The lowest BCUT2D eigenvalue weighted by molar-refractivity contribution is 0.164. The fraction of sp³-hybridized carbons (Fsp3) is 0.750. The van der Waals surface area contributed by atoms with Crippen LogP contribution < -0.4 is 5.32 Å². The number of hydrogen-bond donors (Lipinski definition) is 2. The van der Waals surface area contributed by atoms with Crippen LogP contribution in [0.3, 0.4) is 0 Å². The van der Waals surface area contributed by atoms with Crippen molar-refractivity contribution in [1.82, 2.24) is 5.32 Å². The number of aliphatic hydroxyl groups excluding tert-OH is 1. The van der Waals surface area contributed by atoms with Crippen LogP contribution in [0.25, 0.3) is 0 Å². The quantitative estimate of drug-likeness (QED) is 0.297. The van der Waals surface area contributed by atoms with E-state index in [4.69, 9.17) is 15.1 Å². The maximum Gasteiger partial charge on any atom is 0.183 e. The zero-order chi connectivity index (χ0) is 10.8. The Balaban J connectivity index is 4.26. The second-order valence-corrected chi connectivity index (χ2v) is 3.29. The van der Waals surface area contributed by atoms with E-state index in [-0.39, 0.29) is 12.6 Å². The molecule has 0 amide bonds. The Labute approximate surface area is 88.2 Å². The highest BCUT2D eigenvalue weighted by Crippen LogP contribution is 2.03. The van der Waals surface area contributed by atoms with E-state index in [1.165, 1.54) is 11.8 Å². The number of amidine groups is 1. The van der Waals surface area contributed by atoms with E-state index in [0.29, 0.717) is 18.2 Å². The summed E-state index contributed by atoms with van der Waals surface area (Å²) in [4.78, 5) is 4.22. The van der Waals surface area contributed by atoms with E-state index < -0.39 is 0 Å². The van der Waals surface area contributed by atoms with Gasteiger partial charge in [0.25, 0.3) is 0 Å². The monoisotopic (exact) mass is 217 g/mol. The summed E-state index contributed by atoms with van der Waals surface area (Å²) < 4.78 is 4.94. The standard InChI is InChI=1S/C8H15N3O2S/c1-13-5-7(3-4-12)11-8(14-2)10-6-9/h7,12H,3-5H2,1-2H3,(H,10,11). The first kappa shape index (κ1) is 13.2. The predicted molar refractivity (Wildman–Crippen MR) is 57.1 cm³/mol. The molecule has 0 rings (SSSR count). The van der Waals surface area contributed by atoms with Gasteiger partial charge in [-0.15, -0.1) is 0 Å². The minimum atomic E-state index is -0.103. The van der Waals surface area contributed by atoms with E-state index in [9.17, 15) is 0 Å². The number of ether oxygens (including phenoxy) is 1. The summed E-state index contributed by atoms with van der Waals surface area (Å²) in [5.41, 5.74) is 0. The molecule has 2 N–H and O–H groups in total. The van der Waals surface area contributed by atoms with Crippen LogP contribution in [0.15, 0.2) is 4.99 Å². The van der Waals surface area contributed by atoms with E-state index in [2.05, 4.69) is 10.3 Å². The maximum atomic E-state index is 8.76. The summed E-state index contributed by atoms with van der Waals surface area (Å²) in [5.74, 6) is 0. The Morgan fingerprint density at radius 2 is 2.50 bits per heavy atom. The van der Waals surface area contributed by atoms with Gasteiger partial charge in [-0.05, 0) is 12.7 Å². The Morgan fingerprint density at radius 3 is 2.93 bits per heavy atom. The lowest BCUT2D eigenvalue weighted by Crippen LogP contribution is -2.21. The van der Waals surface area contributed by atoms with Crippen LogP contribution in [-0.2, 0) is 4.74 Å². The largest absolute Gasteiger partial charge is 0.396 e. The van der Waals surface area contributed by atoms with Crippen LogP contribution in [0.2, 0.25) is 0 Å². The van der Waals surface area contributed by atoms with Crippen LogP contribution in [0, 0.1) is 11.5 Å². The smallest absolute Gasteiger partial charge is 0.183 e.